The number of likely N-dealkylation sites (tertiary alicyclic amines) is 1. The lowest BCUT2D eigenvalue weighted by atomic mass is 9.74. The Balaban J connectivity index is 1.24. The second-order valence-corrected chi connectivity index (χ2v) is 11.2. The van der Waals surface area contributed by atoms with Gasteiger partial charge >= 0.3 is 0 Å². The van der Waals surface area contributed by atoms with Crippen molar-refractivity contribution in [3.8, 4) is 17.2 Å². The predicted molar refractivity (Wildman–Crippen MR) is 154 cm³/mol. The topological polar surface area (TPSA) is 118 Å². The molecule has 2 aromatic carbocycles. The largest absolute Gasteiger partial charge is 0.491 e. The highest BCUT2D eigenvalue weighted by Gasteiger charge is 2.41. The number of hydrogen-bond donors (Lipinski definition) is 3. The minimum Gasteiger partial charge on any atom is -0.491 e. The van der Waals surface area contributed by atoms with E-state index in [1.54, 1.807) is 36.4 Å². The Kier molecular flexibility index (Phi) is 8.78. The van der Waals surface area contributed by atoms with Gasteiger partial charge in [-0.15, -0.1) is 0 Å². The van der Waals surface area contributed by atoms with Crippen LogP contribution in [0.25, 0.3) is 0 Å². The number of amides is 3. The Morgan fingerprint density at radius 3 is 2.61 bits per heavy atom. The van der Waals surface area contributed by atoms with Crippen molar-refractivity contribution >= 4 is 23.4 Å². The molecule has 3 N–H and O–H groups in total. The Hall–Kier alpha value is -4.05. The number of ether oxygens (including phenoxy) is 3. The van der Waals surface area contributed by atoms with Crippen LogP contribution in [0.4, 0.5) is 5.69 Å². The van der Waals surface area contributed by atoms with Gasteiger partial charge in [-0.25, -0.2) is 0 Å². The molecule has 3 aliphatic rings. The van der Waals surface area contributed by atoms with E-state index >= 15 is 0 Å². The highest BCUT2D eigenvalue weighted by atomic mass is 16.7. The van der Waals surface area contributed by atoms with E-state index in [-0.39, 0.29) is 49.6 Å². The average molecular weight is 563 g/mol. The highest BCUT2D eigenvalue weighted by Crippen LogP contribution is 2.37. The first-order valence-corrected chi connectivity index (χ1v) is 14.2. The third-order valence-electron chi connectivity index (χ3n) is 8.05. The number of anilines is 1. The van der Waals surface area contributed by atoms with E-state index in [1.165, 1.54) is 0 Å². The molecule has 3 heterocycles. The maximum Gasteiger partial charge on any atom is 0.255 e. The lowest BCUT2D eigenvalue weighted by Gasteiger charge is -2.41. The third-order valence-corrected chi connectivity index (χ3v) is 8.05. The lowest BCUT2D eigenvalue weighted by Crippen LogP contribution is -2.54. The molecule has 1 fully saturated rings. The van der Waals surface area contributed by atoms with E-state index < -0.39 is 5.41 Å². The van der Waals surface area contributed by atoms with Crippen molar-refractivity contribution in [3.63, 3.8) is 0 Å². The van der Waals surface area contributed by atoms with Crippen LogP contribution < -0.4 is 30.2 Å². The van der Waals surface area contributed by atoms with Gasteiger partial charge in [0.2, 0.25) is 18.6 Å². The van der Waals surface area contributed by atoms with E-state index in [0.717, 1.165) is 0 Å². The summed E-state index contributed by atoms with van der Waals surface area (Å²) in [7, 11) is 0. The Bertz CT molecular complexity index is 1300. The summed E-state index contributed by atoms with van der Waals surface area (Å²) in [4.78, 5) is 41.5. The fraction of sp³-hybridized carbons (Fsp3) is 0.452. The van der Waals surface area contributed by atoms with Crippen LogP contribution in [0.2, 0.25) is 0 Å². The molecular formula is C31H38N4O6. The molecule has 3 aliphatic heterocycles. The number of rotatable bonds is 4. The van der Waals surface area contributed by atoms with Crippen LogP contribution in [-0.2, 0) is 9.59 Å². The van der Waals surface area contributed by atoms with Crippen molar-refractivity contribution in [1.29, 1.82) is 0 Å². The van der Waals surface area contributed by atoms with Crippen LogP contribution in [0.15, 0.2) is 54.6 Å². The van der Waals surface area contributed by atoms with Crippen LogP contribution >= 0.6 is 0 Å². The molecule has 10 nitrogen and oxygen atoms in total. The Morgan fingerprint density at radius 2 is 1.80 bits per heavy atom. The van der Waals surface area contributed by atoms with Crippen molar-refractivity contribution < 1.29 is 28.6 Å². The van der Waals surface area contributed by atoms with E-state index in [9.17, 15) is 14.4 Å². The second-order valence-electron chi connectivity index (χ2n) is 11.2. The zero-order chi connectivity index (χ0) is 28.8. The Morgan fingerprint density at radius 1 is 1.02 bits per heavy atom. The van der Waals surface area contributed by atoms with E-state index in [1.807, 2.05) is 32.1 Å². The van der Waals surface area contributed by atoms with Crippen LogP contribution in [0.5, 0.6) is 17.2 Å². The molecule has 218 valence electrons. The zero-order valence-corrected chi connectivity index (χ0v) is 23.6. The van der Waals surface area contributed by atoms with Gasteiger partial charge in [0, 0.05) is 18.3 Å². The van der Waals surface area contributed by atoms with Crippen molar-refractivity contribution in [2.75, 3.05) is 44.9 Å². The highest BCUT2D eigenvalue weighted by molar-refractivity contribution is 5.97. The van der Waals surface area contributed by atoms with Crippen LogP contribution in [-0.4, -0.2) is 68.2 Å². The number of benzene rings is 2. The molecule has 0 aliphatic carbocycles. The molecule has 2 aromatic rings. The number of carbonyl (C=O) groups is 3. The van der Waals surface area contributed by atoms with Crippen LogP contribution in [0, 0.1) is 11.3 Å². The first-order valence-electron chi connectivity index (χ1n) is 14.2. The molecular weight excluding hydrogens is 524 g/mol. The molecule has 0 aromatic heterocycles. The van der Waals surface area contributed by atoms with Crippen molar-refractivity contribution in [2.24, 2.45) is 11.3 Å². The number of allylic oxidation sites excluding steroid dienone is 1. The minimum atomic E-state index is -0.611. The first kappa shape index (κ1) is 28.5. The number of piperidine rings is 1. The summed E-state index contributed by atoms with van der Waals surface area (Å²) in [5.74, 6) is 1.58. The maximum atomic E-state index is 13.8. The lowest BCUT2D eigenvalue weighted by molar-refractivity contribution is -0.135. The monoisotopic (exact) mass is 562 g/mol. The third kappa shape index (κ3) is 6.82. The minimum absolute atomic E-state index is 0.00305. The number of hydrogen-bond acceptors (Lipinski definition) is 7. The molecule has 3 amide bonds. The number of nitrogens with one attached hydrogen (secondary N) is 3. The summed E-state index contributed by atoms with van der Waals surface area (Å²) < 4.78 is 16.8. The molecule has 1 spiro atoms. The summed E-state index contributed by atoms with van der Waals surface area (Å²) in [6, 6.07) is 12.2. The van der Waals surface area contributed by atoms with Crippen molar-refractivity contribution in [3.05, 3.63) is 60.2 Å². The number of carbonyl (C=O) groups excluding carboxylic acids is 3. The van der Waals surface area contributed by atoms with Crippen molar-refractivity contribution in [2.45, 2.75) is 39.2 Å². The van der Waals surface area contributed by atoms with E-state index in [4.69, 9.17) is 14.2 Å². The summed E-state index contributed by atoms with van der Waals surface area (Å²) in [6.07, 6.45) is 5.66. The van der Waals surface area contributed by atoms with Gasteiger partial charge in [-0.3, -0.25) is 19.3 Å². The second kappa shape index (κ2) is 12.6. The number of fused-ring (bicyclic) bond motifs is 2. The molecule has 1 saturated heterocycles. The summed E-state index contributed by atoms with van der Waals surface area (Å²) in [5, 5.41) is 9.11. The van der Waals surface area contributed by atoms with Crippen LogP contribution in [0.3, 0.4) is 0 Å². The average Bonchev–Trinajstić information content (AvgIpc) is 3.43. The van der Waals surface area contributed by atoms with Gasteiger partial charge in [-0.1, -0.05) is 38.1 Å². The fourth-order valence-corrected chi connectivity index (χ4v) is 5.36. The smallest absolute Gasteiger partial charge is 0.255 e. The van der Waals surface area contributed by atoms with Gasteiger partial charge in [0.15, 0.2) is 11.5 Å². The molecule has 1 atom stereocenters. The standard InChI is InChI=1S/C31H38N4O6/c1-21(2)24-19-39-25-8-4-3-7-23(25)29(37)32-14-6-5-11-31(30(38)34-24)12-15-35(16-13-31)18-28(36)33-22-9-10-26-27(17-22)41-20-40-26/h3-10,17,21,24H,11-16,18-20H2,1-2H3,(H,32,37)(H,33,36)(H,34,38)/b6-5+/t24-/m0/s1. The summed E-state index contributed by atoms with van der Waals surface area (Å²) in [5.41, 5.74) is 0.512. The zero-order valence-electron chi connectivity index (χ0n) is 23.6. The quantitative estimate of drug-likeness (QED) is 0.489. The van der Waals surface area contributed by atoms with Gasteiger partial charge in [0.25, 0.3) is 5.91 Å². The molecule has 5 rings (SSSR count). The molecule has 10 heteroatoms. The van der Waals surface area contributed by atoms with E-state index in [0.29, 0.717) is 67.4 Å². The summed E-state index contributed by atoms with van der Waals surface area (Å²) >= 11 is 0. The van der Waals surface area contributed by atoms with Crippen molar-refractivity contribution in [1.82, 2.24) is 15.5 Å². The van der Waals surface area contributed by atoms with Gasteiger partial charge in [-0.05, 0) is 62.5 Å². The normalized spacial score (nSPS) is 21.7. The number of para-hydroxylation sites is 1. The van der Waals surface area contributed by atoms with Gasteiger partial charge in [0.05, 0.1) is 23.6 Å². The number of nitrogens with zero attached hydrogens (tertiary/aromatic N) is 1. The van der Waals surface area contributed by atoms with Crippen LogP contribution in [0.1, 0.15) is 43.5 Å². The molecule has 0 unspecified atom stereocenters. The molecule has 41 heavy (non-hydrogen) atoms. The van der Waals surface area contributed by atoms with Gasteiger partial charge in [-0.2, -0.15) is 0 Å². The predicted octanol–water partition coefficient (Wildman–Crippen LogP) is 3.35. The molecule has 0 bridgehead atoms. The molecule has 0 radical (unpaired) electrons. The molecule has 0 saturated carbocycles. The maximum absolute atomic E-state index is 13.8. The van der Waals surface area contributed by atoms with Gasteiger partial charge < -0.3 is 30.2 Å². The summed E-state index contributed by atoms with van der Waals surface area (Å²) in [6.45, 7) is 6.34. The Labute approximate surface area is 240 Å². The first-order chi connectivity index (χ1) is 19.8. The van der Waals surface area contributed by atoms with Gasteiger partial charge in [0.1, 0.15) is 12.4 Å². The van der Waals surface area contributed by atoms with E-state index in [2.05, 4.69) is 20.9 Å². The SMILES string of the molecule is CC(C)[C@@H]1COc2ccccc2C(=O)NC/C=C/CC2(CCN(CC(=O)Nc3ccc4c(c3)OCO4)CC2)C(=O)N1. The fourth-order valence-electron chi connectivity index (χ4n) is 5.36.